The van der Waals surface area contributed by atoms with Gasteiger partial charge in [0, 0.05) is 34.3 Å². The largest absolute Gasteiger partial charge is 0.398 e. The Balaban J connectivity index is 1.76. The number of halogens is 1. The Morgan fingerprint density at radius 2 is 1.96 bits per heavy atom. The fraction of sp³-hybridized carbons (Fsp3) is 0.100. The van der Waals surface area contributed by atoms with Crippen molar-refractivity contribution in [1.29, 1.82) is 0 Å². The van der Waals surface area contributed by atoms with Gasteiger partial charge in [0.1, 0.15) is 5.82 Å². The number of nitrogens with zero attached hydrogens (tertiary/aromatic N) is 1. The zero-order valence-corrected chi connectivity index (χ0v) is 14.5. The molecule has 0 aliphatic carbocycles. The van der Waals surface area contributed by atoms with Crippen molar-refractivity contribution in [3.05, 3.63) is 77.7 Å². The van der Waals surface area contributed by atoms with Gasteiger partial charge in [0.15, 0.2) is 5.78 Å². The van der Waals surface area contributed by atoms with E-state index in [2.05, 4.69) is 4.98 Å². The number of aromatic nitrogens is 1. The van der Waals surface area contributed by atoms with E-state index in [9.17, 15) is 9.18 Å². The number of pyridine rings is 1. The smallest absolute Gasteiger partial charge is 0.167 e. The van der Waals surface area contributed by atoms with Crippen LogP contribution in [-0.4, -0.2) is 17.0 Å². The lowest BCUT2D eigenvalue weighted by atomic mass is 10.0. The molecule has 126 valence electrons. The monoisotopic (exact) mass is 352 g/mol. The predicted octanol–water partition coefficient (Wildman–Crippen LogP) is 4.62. The molecule has 0 bridgehead atoms. The second-order valence-corrected chi connectivity index (χ2v) is 6.44. The summed E-state index contributed by atoms with van der Waals surface area (Å²) in [5.41, 5.74) is 8.89. The van der Waals surface area contributed by atoms with Gasteiger partial charge >= 0.3 is 0 Å². The van der Waals surface area contributed by atoms with Gasteiger partial charge in [0.2, 0.25) is 0 Å². The Morgan fingerprint density at radius 1 is 1.16 bits per heavy atom. The number of thioether (sulfide) groups is 1. The van der Waals surface area contributed by atoms with Crippen LogP contribution in [0.4, 0.5) is 10.1 Å². The molecule has 3 nitrogen and oxygen atoms in total. The molecule has 3 rings (SSSR count). The van der Waals surface area contributed by atoms with Gasteiger partial charge in [-0.1, -0.05) is 24.3 Å². The third kappa shape index (κ3) is 3.88. The molecule has 5 heteroatoms. The molecule has 0 unspecified atom stereocenters. The molecule has 0 saturated carbocycles. The summed E-state index contributed by atoms with van der Waals surface area (Å²) >= 11 is 1.54. The van der Waals surface area contributed by atoms with Crippen molar-refractivity contribution >= 4 is 23.2 Å². The molecule has 0 fully saturated rings. The molecule has 1 aromatic heterocycles. The lowest BCUT2D eigenvalue weighted by Crippen LogP contribution is -2.05. The van der Waals surface area contributed by atoms with Crippen LogP contribution in [0.5, 0.6) is 0 Å². The molecule has 25 heavy (non-hydrogen) atoms. The summed E-state index contributed by atoms with van der Waals surface area (Å²) in [4.78, 5) is 17.7. The Kier molecular flexibility index (Phi) is 5.14. The van der Waals surface area contributed by atoms with Gasteiger partial charge in [-0.2, -0.15) is 0 Å². The van der Waals surface area contributed by atoms with Gasteiger partial charge in [0.25, 0.3) is 0 Å². The zero-order chi connectivity index (χ0) is 17.8. The normalized spacial score (nSPS) is 10.6. The molecular formula is C20H17FN2OS. The van der Waals surface area contributed by atoms with E-state index in [1.54, 1.807) is 60.4 Å². The molecule has 0 aliphatic heterocycles. The first-order chi connectivity index (χ1) is 12.1. The van der Waals surface area contributed by atoms with Crippen LogP contribution >= 0.6 is 11.8 Å². The van der Waals surface area contributed by atoms with Crippen molar-refractivity contribution in [1.82, 2.24) is 4.98 Å². The second-order valence-electron chi connectivity index (χ2n) is 5.59. The predicted molar refractivity (Wildman–Crippen MR) is 100 cm³/mol. The fourth-order valence-electron chi connectivity index (χ4n) is 2.55. The van der Waals surface area contributed by atoms with E-state index in [1.807, 2.05) is 12.3 Å². The molecule has 2 aromatic carbocycles. The van der Waals surface area contributed by atoms with E-state index in [-0.39, 0.29) is 18.0 Å². The molecule has 1 heterocycles. The average molecular weight is 352 g/mol. The van der Waals surface area contributed by atoms with Crippen LogP contribution in [0.15, 0.2) is 65.7 Å². The van der Waals surface area contributed by atoms with E-state index in [4.69, 9.17) is 5.73 Å². The summed E-state index contributed by atoms with van der Waals surface area (Å²) in [5, 5.41) is 0. The number of ketones is 1. The van der Waals surface area contributed by atoms with Crippen LogP contribution in [0.2, 0.25) is 0 Å². The highest BCUT2D eigenvalue weighted by Crippen LogP contribution is 2.24. The minimum atomic E-state index is -0.316. The van der Waals surface area contributed by atoms with E-state index < -0.39 is 0 Å². The minimum Gasteiger partial charge on any atom is -0.398 e. The number of carbonyl (C=O) groups excluding carboxylic acids is 1. The Morgan fingerprint density at radius 3 is 2.60 bits per heavy atom. The number of rotatable bonds is 5. The number of hydrogen-bond donors (Lipinski definition) is 1. The van der Waals surface area contributed by atoms with Crippen LogP contribution in [-0.2, 0) is 6.42 Å². The highest BCUT2D eigenvalue weighted by atomic mass is 32.2. The van der Waals surface area contributed by atoms with E-state index in [1.165, 1.54) is 6.07 Å². The van der Waals surface area contributed by atoms with Gasteiger partial charge in [-0.25, -0.2) is 4.39 Å². The van der Waals surface area contributed by atoms with Gasteiger partial charge in [-0.05, 0) is 42.2 Å². The van der Waals surface area contributed by atoms with Crippen molar-refractivity contribution in [3.63, 3.8) is 0 Å². The highest BCUT2D eigenvalue weighted by Gasteiger charge is 2.11. The SMILES string of the molecule is CSc1ccc(C(=O)Cc2ccc(-c3ccccc3F)nc2)cc1N. The lowest BCUT2D eigenvalue weighted by Gasteiger charge is -2.07. The molecule has 0 atom stereocenters. The van der Waals surface area contributed by atoms with Crippen molar-refractivity contribution in [3.8, 4) is 11.3 Å². The van der Waals surface area contributed by atoms with Crippen molar-refractivity contribution in [2.45, 2.75) is 11.3 Å². The average Bonchev–Trinajstić information content (AvgIpc) is 2.63. The van der Waals surface area contributed by atoms with E-state index in [0.717, 1.165) is 10.5 Å². The number of nitrogens with two attached hydrogens (primary N) is 1. The molecule has 3 aromatic rings. The maximum atomic E-state index is 13.8. The van der Waals surface area contributed by atoms with E-state index >= 15 is 0 Å². The van der Waals surface area contributed by atoms with Crippen molar-refractivity contribution < 1.29 is 9.18 Å². The summed E-state index contributed by atoms with van der Waals surface area (Å²) in [6, 6.07) is 15.3. The third-order valence-electron chi connectivity index (χ3n) is 3.89. The number of nitrogen functional groups attached to an aromatic ring is 1. The van der Waals surface area contributed by atoms with Gasteiger partial charge in [0.05, 0.1) is 5.69 Å². The maximum Gasteiger partial charge on any atom is 0.167 e. The van der Waals surface area contributed by atoms with Crippen LogP contribution in [0.25, 0.3) is 11.3 Å². The molecule has 0 aliphatic rings. The molecular weight excluding hydrogens is 335 g/mol. The first kappa shape index (κ1) is 17.2. The van der Waals surface area contributed by atoms with Crippen LogP contribution in [0.1, 0.15) is 15.9 Å². The summed E-state index contributed by atoms with van der Waals surface area (Å²) in [6.07, 6.45) is 3.78. The zero-order valence-electron chi connectivity index (χ0n) is 13.7. The van der Waals surface area contributed by atoms with Gasteiger partial charge in [-0.15, -0.1) is 11.8 Å². The molecule has 0 radical (unpaired) electrons. The molecule has 0 saturated heterocycles. The number of hydrogen-bond acceptors (Lipinski definition) is 4. The van der Waals surface area contributed by atoms with Crippen LogP contribution in [0.3, 0.4) is 0 Å². The molecule has 2 N–H and O–H groups in total. The number of benzene rings is 2. The number of carbonyl (C=O) groups is 1. The topological polar surface area (TPSA) is 56.0 Å². The van der Waals surface area contributed by atoms with E-state index in [0.29, 0.717) is 22.5 Å². The third-order valence-corrected chi connectivity index (χ3v) is 4.70. The lowest BCUT2D eigenvalue weighted by molar-refractivity contribution is 0.0993. The second kappa shape index (κ2) is 7.49. The summed E-state index contributed by atoms with van der Waals surface area (Å²) in [5.74, 6) is -0.344. The summed E-state index contributed by atoms with van der Waals surface area (Å²) < 4.78 is 13.8. The maximum absolute atomic E-state index is 13.8. The summed E-state index contributed by atoms with van der Waals surface area (Å²) in [6.45, 7) is 0. The van der Waals surface area contributed by atoms with Crippen LogP contribution in [0, 0.1) is 5.82 Å². The Labute approximate surface area is 150 Å². The molecule has 0 spiro atoms. The Hall–Kier alpha value is -2.66. The standard InChI is InChI=1S/C20H17FN2OS/c1-25-20-9-7-14(11-17(20)22)19(24)10-13-6-8-18(23-12-13)15-4-2-3-5-16(15)21/h2-9,11-12H,10,22H2,1H3. The van der Waals surface area contributed by atoms with Crippen molar-refractivity contribution in [2.75, 3.05) is 12.0 Å². The highest BCUT2D eigenvalue weighted by molar-refractivity contribution is 7.98. The quantitative estimate of drug-likeness (QED) is 0.414. The van der Waals surface area contributed by atoms with Gasteiger partial charge < -0.3 is 5.73 Å². The van der Waals surface area contributed by atoms with Crippen LogP contribution < -0.4 is 5.73 Å². The van der Waals surface area contributed by atoms with Crippen molar-refractivity contribution in [2.24, 2.45) is 0 Å². The Bertz CT molecular complexity index is 910. The summed E-state index contributed by atoms with van der Waals surface area (Å²) in [7, 11) is 0. The first-order valence-corrected chi connectivity index (χ1v) is 8.97. The number of Topliss-reactive ketones (excluding diaryl/α,β-unsaturated/α-hetero) is 1. The minimum absolute atomic E-state index is 0.0280. The fourth-order valence-corrected chi connectivity index (χ4v) is 3.05. The van der Waals surface area contributed by atoms with Gasteiger partial charge in [-0.3, -0.25) is 9.78 Å². The number of anilines is 1. The first-order valence-electron chi connectivity index (χ1n) is 7.75. The molecule has 0 amide bonds.